The SMILES string of the molecule is NC(=O)C1CCC(n2c(Nc3c(F)cc(Cl)cc3F)nc3cnc(NC4CCC4)nc32)CC1. The van der Waals surface area contributed by atoms with Gasteiger partial charge in [0.2, 0.25) is 17.8 Å². The first-order chi connectivity index (χ1) is 15.9. The summed E-state index contributed by atoms with van der Waals surface area (Å²) >= 11 is 5.77. The van der Waals surface area contributed by atoms with Gasteiger partial charge < -0.3 is 16.4 Å². The van der Waals surface area contributed by atoms with Gasteiger partial charge in [0, 0.05) is 23.0 Å². The Balaban J connectivity index is 1.54. The van der Waals surface area contributed by atoms with E-state index in [0.29, 0.717) is 48.8 Å². The molecule has 0 unspecified atom stereocenters. The zero-order valence-electron chi connectivity index (χ0n) is 17.8. The molecular weight excluding hydrogens is 452 g/mol. The van der Waals surface area contributed by atoms with Crippen LogP contribution in [-0.4, -0.2) is 31.5 Å². The average molecular weight is 476 g/mol. The Morgan fingerprint density at radius 1 is 1.09 bits per heavy atom. The van der Waals surface area contributed by atoms with Crippen LogP contribution in [0.15, 0.2) is 18.3 Å². The molecule has 0 aliphatic heterocycles. The average Bonchev–Trinajstić information content (AvgIpc) is 3.10. The normalized spacial score (nSPS) is 21.1. The van der Waals surface area contributed by atoms with Gasteiger partial charge in [0.25, 0.3) is 0 Å². The number of hydrogen-bond donors (Lipinski definition) is 3. The molecule has 8 nitrogen and oxygen atoms in total. The molecule has 33 heavy (non-hydrogen) atoms. The smallest absolute Gasteiger partial charge is 0.224 e. The van der Waals surface area contributed by atoms with E-state index < -0.39 is 11.6 Å². The van der Waals surface area contributed by atoms with Crippen LogP contribution in [0.5, 0.6) is 0 Å². The van der Waals surface area contributed by atoms with Gasteiger partial charge in [-0.1, -0.05) is 11.6 Å². The number of nitrogens with one attached hydrogen (secondary N) is 2. The number of anilines is 3. The van der Waals surface area contributed by atoms with Crippen LogP contribution in [0.1, 0.15) is 51.0 Å². The van der Waals surface area contributed by atoms with Crippen molar-refractivity contribution in [2.24, 2.45) is 11.7 Å². The van der Waals surface area contributed by atoms with Crippen LogP contribution in [0.3, 0.4) is 0 Å². The maximum absolute atomic E-state index is 14.5. The fourth-order valence-electron chi connectivity index (χ4n) is 4.52. The second-order valence-corrected chi connectivity index (χ2v) is 9.19. The van der Waals surface area contributed by atoms with Crippen LogP contribution < -0.4 is 16.4 Å². The van der Waals surface area contributed by atoms with Gasteiger partial charge in [-0.2, -0.15) is 4.98 Å². The lowest BCUT2D eigenvalue weighted by molar-refractivity contribution is -0.122. The number of primary amides is 1. The summed E-state index contributed by atoms with van der Waals surface area (Å²) in [4.78, 5) is 25.2. The summed E-state index contributed by atoms with van der Waals surface area (Å²) in [6.45, 7) is 0. The molecule has 0 saturated heterocycles. The molecule has 0 bridgehead atoms. The topological polar surface area (TPSA) is 111 Å². The van der Waals surface area contributed by atoms with E-state index in [-0.39, 0.29) is 34.5 Å². The number of imidazole rings is 1. The van der Waals surface area contributed by atoms with E-state index >= 15 is 0 Å². The molecule has 2 saturated carbocycles. The van der Waals surface area contributed by atoms with Crippen molar-refractivity contribution in [1.29, 1.82) is 0 Å². The van der Waals surface area contributed by atoms with E-state index in [4.69, 9.17) is 17.3 Å². The van der Waals surface area contributed by atoms with Crippen molar-refractivity contribution < 1.29 is 13.6 Å². The molecule has 2 aromatic heterocycles. The predicted octanol–water partition coefficient (Wildman–Crippen LogP) is 4.68. The third-order valence-electron chi connectivity index (χ3n) is 6.58. The van der Waals surface area contributed by atoms with Gasteiger partial charge in [0.1, 0.15) is 11.2 Å². The monoisotopic (exact) mass is 475 g/mol. The fraction of sp³-hybridized carbons (Fsp3) is 0.455. The summed E-state index contributed by atoms with van der Waals surface area (Å²) < 4.78 is 30.9. The zero-order valence-corrected chi connectivity index (χ0v) is 18.6. The maximum atomic E-state index is 14.5. The number of carbonyl (C=O) groups is 1. The van der Waals surface area contributed by atoms with E-state index in [9.17, 15) is 13.6 Å². The Kier molecular flexibility index (Phi) is 5.77. The summed E-state index contributed by atoms with van der Waals surface area (Å²) in [6.07, 6.45) is 7.49. The van der Waals surface area contributed by atoms with Gasteiger partial charge in [-0.05, 0) is 57.1 Å². The molecule has 1 aromatic carbocycles. The summed E-state index contributed by atoms with van der Waals surface area (Å²) in [5.74, 6) is -1.38. The minimum absolute atomic E-state index is 0.0357. The molecule has 5 rings (SSSR count). The lowest BCUT2D eigenvalue weighted by Crippen LogP contribution is -2.29. The van der Waals surface area contributed by atoms with Crippen molar-refractivity contribution in [3.63, 3.8) is 0 Å². The van der Waals surface area contributed by atoms with Gasteiger partial charge in [-0.15, -0.1) is 0 Å². The van der Waals surface area contributed by atoms with Crippen molar-refractivity contribution in [2.45, 2.75) is 57.0 Å². The van der Waals surface area contributed by atoms with Gasteiger partial charge in [-0.3, -0.25) is 9.36 Å². The first-order valence-electron chi connectivity index (χ1n) is 11.1. The summed E-state index contributed by atoms with van der Waals surface area (Å²) in [7, 11) is 0. The zero-order chi connectivity index (χ0) is 23.1. The number of hydrogen-bond acceptors (Lipinski definition) is 6. The van der Waals surface area contributed by atoms with E-state index in [2.05, 4.69) is 25.6 Å². The largest absolute Gasteiger partial charge is 0.369 e. The molecule has 2 fully saturated rings. The molecule has 1 amide bonds. The molecule has 2 aliphatic rings. The van der Waals surface area contributed by atoms with E-state index in [1.807, 2.05) is 4.57 Å². The lowest BCUT2D eigenvalue weighted by Gasteiger charge is -2.29. The van der Waals surface area contributed by atoms with Gasteiger partial charge in [-0.25, -0.2) is 18.7 Å². The van der Waals surface area contributed by atoms with Gasteiger partial charge in [0.05, 0.1) is 6.20 Å². The standard InChI is InChI=1S/C22H24ClF2N7O/c23-12-8-15(24)18(16(25)9-12)30-22-29-17-10-27-21(28-13-2-1-3-13)31-20(17)32(22)14-6-4-11(5-7-14)19(26)33/h8-11,13-14H,1-7H2,(H2,26,33)(H,29,30)(H,27,28,31). The lowest BCUT2D eigenvalue weighted by atomic mass is 9.85. The van der Waals surface area contributed by atoms with Gasteiger partial charge in [0.15, 0.2) is 17.3 Å². The number of fused-ring (bicyclic) bond motifs is 1. The van der Waals surface area contributed by atoms with Crippen molar-refractivity contribution in [3.8, 4) is 0 Å². The molecule has 0 atom stereocenters. The number of carbonyl (C=O) groups excluding carboxylic acids is 1. The first-order valence-corrected chi connectivity index (χ1v) is 11.5. The van der Waals surface area contributed by atoms with Crippen LogP contribution >= 0.6 is 11.6 Å². The number of rotatable bonds is 6. The Hall–Kier alpha value is -3.01. The second-order valence-electron chi connectivity index (χ2n) is 8.76. The quantitative estimate of drug-likeness (QED) is 0.477. The predicted molar refractivity (Wildman–Crippen MR) is 121 cm³/mol. The second kappa shape index (κ2) is 8.74. The molecular formula is C22H24ClF2N7O. The van der Waals surface area contributed by atoms with Crippen LogP contribution in [0, 0.1) is 17.6 Å². The number of nitrogens with zero attached hydrogens (tertiary/aromatic N) is 4. The highest BCUT2D eigenvalue weighted by Gasteiger charge is 2.30. The van der Waals surface area contributed by atoms with Crippen molar-refractivity contribution in [3.05, 3.63) is 35.0 Å². The van der Waals surface area contributed by atoms with Crippen molar-refractivity contribution >= 4 is 46.3 Å². The minimum Gasteiger partial charge on any atom is -0.369 e. The number of aromatic nitrogens is 4. The first kappa shape index (κ1) is 21.8. The Morgan fingerprint density at radius 3 is 2.39 bits per heavy atom. The minimum atomic E-state index is -0.825. The molecule has 174 valence electrons. The Labute approximate surface area is 193 Å². The van der Waals surface area contributed by atoms with Crippen molar-refractivity contribution in [1.82, 2.24) is 19.5 Å². The summed E-state index contributed by atoms with van der Waals surface area (Å²) in [5, 5.41) is 6.09. The highest BCUT2D eigenvalue weighted by atomic mass is 35.5. The number of nitrogens with two attached hydrogens (primary N) is 1. The highest BCUT2D eigenvalue weighted by molar-refractivity contribution is 6.30. The van der Waals surface area contributed by atoms with E-state index in [0.717, 1.165) is 25.0 Å². The molecule has 3 aromatic rings. The van der Waals surface area contributed by atoms with E-state index in [1.165, 1.54) is 6.42 Å². The molecule has 2 aliphatic carbocycles. The Bertz CT molecular complexity index is 1180. The van der Waals surface area contributed by atoms with Crippen LogP contribution in [-0.2, 0) is 4.79 Å². The molecule has 0 spiro atoms. The highest BCUT2D eigenvalue weighted by Crippen LogP contribution is 2.38. The number of halogens is 3. The molecule has 11 heteroatoms. The van der Waals surface area contributed by atoms with Crippen molar-refractivity contribution in [2.75, 3.05) is 10.6 Å². The molecule has 4 N–H and O–H groups in total. The molecule has 2 heterocycles. The fourth-order valence-corrected chi connectivity index (χ4v) is 4.71. The summed E-state index contributed by atoms with van der Waals surface area (Å²) in [5.41, 5.74) is 6.21. The number of benzene rings is 1. The molecule has 0 radical (unpaired) electrons. The summed E-state index contributed by atoms with van der Waals surface area (Å²) in [6, 6.07) is 2.36. The van der Waals surface area contributed by atoms with Crippen LogP contribution in [0.2, 0.25) is 5.02 Å². The Morgan fingerprint density at radius 2 is 1.79 bits per heavy atom. The maximum Gasteiger partial charge on any atom is 0.224 e. The van der Waals surface area contributed by atoms with Gasteiger partial charge >= 0.3 is 0 Å². The van der Waals surface area contributed by atoms with Crippen LogP contribution in [0.25, 0.3) is 11.2 Å². The third-order valence-corrected chi connectivity index (χ3v) is 6.80. The number of amides is 1. The van der Waals surface area contributed by atoms with E-state index in [1.54, 1.807) is 6.20 Å². The third kappa shape index (κ3) is 4.31. The van der Waals surface area contributed by atoms with Crippen LogP contribution in [0.4, 0.5) is 26.4 Å².